The fraction of sp³-hybridized carbons (Fsp3) is 0.667. The molecule has 0 unspecified atom stereocenters. The highest BCUT2D eigenvalue weighted by Gasteiger charge is 2.46. The Balaban J connectivity index is 1.69. The SMILES string of the molecule is COC[C@@H](C)NC(=O)N1CC2(CCCC2)c2cc3c(cc2[C@H]1C)OCCO3. The van der Waals surface area contributed by atoms with Gasteiger partial charge in [0.2, 0.25) is 0 Å². The maximum absolute atomic E-state index is 13.0. The van der Waals surface area contributed by atoms with Crippen molar-refractivity contribution in [2.75, 3.05) is 33.5 Å². The Labute approximate surface area is 161 Å². The molecule has 0 bridgehead atoms. The van der Waals surface area contributed by atoms with Gasteiger partial charge < -0.3 is 24.4 Å². The van der Waals surface area contributed by atoms with Gasteiger partial charge in [0, 0.05) is 19.1 Å². The lowest BCUT2D eigenvalue weighted by Crippen LogP contribution is -2.53. The third-order valence-corrected chi connectivity index (χ3v) is 6.28. The van der Waals surface area contributed by atoms with Gasteiger partial charge in [0.15, 0.2) is 11.5 Å². The number of urea groups is 1. The summed E-state index contributed by atoms with van der Waals surface area (Å²) in [5.41, 5.74) is 2.58. The van der Waals surface area contributed by atoms with Crippen LogP contribution in [0.3, 0.4) is 0 Å². The number of fused-ring (bicyclic) bond motifs is 3. The number of nitrogens with zero attached hydrogens (tertiary/aromatic N) is 1. The fourth-order valence-corrected chi connectivity index (χ4v) is 4.94. The number of ether oxygens (including phenoxy) is 3. The number of methoxy groups -OCH3 is 1. The average molecular weight is 374 g/mol. The maximum Gasteiger partial charge on any atom is 0.318 e. The minimum Gasteiger partial charge on any atom is -0.486 e. The first-order valence-corrected chi connectivity index (χ1v) is 10.0. The van der Waals surface area contributed by atoms with Crippen LogP contribution in [0, 0.1) is 0 Å². The van der Waals surface area contributed by atoms with Crippen molar-refractivity contribution in [1.29, 1.82) is 0 Å². The molecule has 148 valence electrons. The van der Waals surface area contributed by atoms with Gasteiger partial charge in [-0.3, -0.25) is 0 Å². The molecule has 2 amide bonds. The van der Waals surface area contributed by atoms with Crippen LogP contribution in [0.25, 0.3) is 0 Å². The van der Waals surface area contributed by atoms with Gasteiger partial charge in [-0.1, -0.05) is 12.8 Å². The lowest BCUT2D eigenvalue weighted by atomic mass is 9.71. The summed E-state index contributed by atoms with van der Waals surface area (Å²) in [6.45, 7) is 6.51. The van der Waals surface area contributed by atoms with Crippen molar-refractivity contribution in [2.45, 2.75) is 57.0 Å². The van der Waals surface area contributed by atoms with E-state index in [1.807, 2.05) is 11.8 Å². The number of hydrogen-bond acceptors (Lipinski definition) is 4. The molecule has 3 aliphatic rings. The number of amides is 2. The third kappa shape index (κ3) is 3.24. The molecule has 1 spiro atoms. The highest BCUT2D eigenvalue weighted by Crippen LogP contribution is 2.51. The first-order valence-electron chi connectivity index (χ1n) is 10.0. The summed E-state index contributed by atoms with van der Waals surface area (Å²) in [5.74, 6) is 1.65. The van der Waals surface area contributed by atoms with E-state index in [9.17, 15) is 4.79 Å². The van der Waals surface area contributed by atoms with Gasteiger partial charge in [-0.2, -0.15) is 0 Å². The zero-order valence-electron chi connectivity index (χ0n) is 16.5. The number of rotatable bonds is 3. The van der Waals surface area contributed by atoms with Gasteiger partial charge >= 0.3 is 6.03 Å². The summed E-state index contributed by atoms with van der Waals surface area (Å²) >= 11 is 0. The van der Waals surface area contributed by atoms with Gasteiger partial charge in [-0.25, -0.2) is 4.79 Å². The van der Waals surface area contributed by atoms with Crippen molar-refractivity contribution in [1.82, 2.24) is 10.2 Å². The Morgan fingerprint density at radius 2 is 1.96 bits per heavy atom. The zero-order chi connectivity index (χ0) is 19.0. The summed E-state index contributed by atoms with van der Waals surface area (Å²) < 4.78 is 16.8. The van der Waals surface area contributed by atoms with Crippen LogP contribution in [0.5, 0.6) is 11.5 Å². The van der Waals surface area contributed by atoms with Crippen LogP contribution in [-0.2, 0) is 10.2 Å². The summed E-state index contributed by atoms with van der Waals surface area (Å²) in [5, 5.41) is 3.09. The van der Waals surface area contributed by atoms with E-state index in [1.165, 1.54) is 24.0 Å². The molecule has 0 saturated heterocycles. The molecule has 6 heteroatoms. The van der Waals surface area contributed by atoms with Crippen molar-refractivity contribution >= 4 is 6.03 Å². The molecular formula is C21H30N2O4. The smallest absolute Gasteiger partial charge is 0.318 e. The lowest BCUT2D eigenvalue weighted by molar-refractivity contribution is 0.128. The highest BCUT2D eigenvalue weighted by atomic mass is 16.6. The number of nitrogens with one attached hydrogen (secondary N) is 1. The summed E-state index contributed by atoms with van der Waals surface area (Å²) in [6, 6.07) is 4.26. The molecular weight excluding hydrogens is 344 g/mol. The Kier molecular flexibility index (Phi) is 4.93. The Morgan fingerprint density at radius 3 is 2.63 bits per heavy atom. The van der Waals surface area contributed by atoms with Crippen molar-refractivity contribution in [3.8, 4) is 11.5 Å². The first kappa shape index (κ1) is 18.4. The highest BCUT2D eigenvalue weighted by molar-refractivity contribution is 5.76. The Morgan fingerprint density at radius 1 is 1.30 bits per heavy atom. The molecule has 0 radical (unpaired) electrons. The van der Waals surface area contributed by atoms with Gasteiger partial charge in [0.25, 0.3) is 0 Å². The van der Waals surface area contributed by atoms with Crippen molar-refractivity contribution < 1.29 is 19.0 Å². The summed E-state index contributed by atoms with van der Waals surface area (Å²) in [4.78, 5) is 15.0. The number of hydrogen-bond donors (Lipinski definition) is 1. The van der Waals surface area contributed by atoms with E-state index in [0.29, 0.717) is 19.8 Å². The van der Waals surface area contributed by atoms with Crippen LogP contribution < -0.4 is 14.8 Å². The van der Waals surface area contributed by atoms with Gasteiger partial charge in [0.1, 0.15) is 13.2 Å². The Bertz CT molecular complexity index is 714. The van der Waals surface area contributed by atoms with Gasteiger partial charge in [-0.05, 0) is 49.9 Å². The van der Waals surface area contributed by atoms with E-state index in [0.717, 1.165) is 30.9 Å². The molecule has 6 nitrogen and oxygen atoms in total. The molecule has 1 aliphatic carbocycles. The minimum atomic E-state index is -0.0177. The molecule has 0 aromatic heterocycles. The second-order valence-electron chi connectivity index (χ2n) is 8.18. The normalized spacial score (nSPS) is 23.8. The molecule has 2 aliphatic heterocycles. The van der Waals surface area contributed by atoms with Crippen LogP contribution in [0.2, 0.25) is 0 Å². The quantitative estimate of drug-likeness (QED) is 0.881. The van der Waals surface area contributed by atoms with Crippen LogP contribution in [-0.4, -0.2) is 50.4 Å². The molecule has 27 heavy (non-hydrogen) atoms. The topological polar surface area (TPSA) is 60.0 Å². The van der Waals surface area contributed by atoms with Crippen LogP contribution >= 0.6 is 0 Å². The van der Waals surface area contributed by atoms with Crippen LogP contribution in [0.1, 0.15) is 56.7 Å². The van der Waals surface area contributed by atoms with E-state index in [1.54, 1.807) is 7.11 Å². The molecule has 1 aromatic rings. The monoisotopic (exact) mass is 374 g/mol. The molecule has 1 saturated carbocycles. The molecule has 1 N–H and O–H groups in total. The predicted octanol–water partition coefficient (Wildman–Crippen LogP) is 3.39. The van der Waals surface area contributed by atoms with Gasteiger partial charge in [-0.15, -0.1) is 0 Å². The molecule has 2 heterocycles. The maximum atomic E-state index is 13.0. The molecule has 1 fully saturated rings. The average Bonchev–Trinajstić information content (AvgIpc) is 3.13. The van der Waals surface area contributed by atoms with E-state index in [2.05, 4.69) is 24.4 Å². The predicted molar refractivity (Wildman–Crippen MR) is 103 cm³/mol. The third-order valence-electron chi connectivity index (χ3n) is 6.28. The largest absolute Gasteiger partial charge is 0.486 e. The van der Waals surface area contributed by atoms with Crippen molar-refractivity contribution in [3.63, 3.8) is 0 Å². The fourth-order valence-electron chi connectivity index (χ4n) is 4.94. The summed E-state index contributed by atoms with van der Waals surface area (Å²) in [7, 11) is 1.65. The van der Waals surface area contributed by atoms with Crippen molar-refractivity contribution in [2.24, 2.45) is 0 Å². The zero-order valence-corrected chi connectivity index (χ0v) is 16.5. The van der Waals surface area contributed by atoms with Gasteiger partial charge in [0.05, 0.1) is 18.7 Å². The first-order chi connectivity index (χ1) is 13.0. The summed E-state index contributed by atoms with van der Waals surface area (Å²) in [6.07, 6.45) is 4.64. The number of carbonyl (C=O) groups excluding carboxylic acids is 1. The van der Waals surface area contributed by atoms with Crippen LogP contribution in [0.15, 0.2) is 12.1 Å². The second kappa shape index (κ2) is 7.23. The van der Waals surface area contributed by atoms with E-state index in [-0.39, 0.29) is 23.5 Å². The van der Waals surface area contributed by atoms with Crippen LogP contribution in [0.4, 0.5) is 4.79 Å². The van der Waals surface area contributed by atoms with Crippen molar-refractivity contribution in [3.05, 3.63) is 23.3 Å². The molecule has 1 aromatic carbocycles. The molecule has 4 rings (SSSR count). The minimum absolute atomic E-state index is 0.00297. The Hall–Kier alpha value is -1.95. The number of carbonyl (C=O) groups is 1. The van der Waals surface area contributed by atoms with E-state index < -0.39 is 0 Å². The lowest BCUT2D eigenvalue weighted by Gasteiger charge is -2.46. The molecule has 2 atom stereocenters. The standard InChI is InChI=1S/C21H30N2O4/c1-14(12-25-3)22-20(24)23-13-21(6-4-5-7-21)17-11-19-18(26-8-9-27-19)10-16(17)15(23)2/h10-11,14-15H,4-9,12-13H2,1-3H3,(H,22,24)/t14-,15-/m1/s1. The second-order valence-corrected chi connectivity index (χ2v) is 8.18. The van der Waals surface area contributed by atoms with E-state index >= 15 is 0 Å². The number of benzene rings is 1. The van der Waals surface area contributed by atoms with E-state index in [4.69, 9.17) is 14.2 Å².